The Morgan fingerprint density at radius 3 is 2.33 bits per heavy atom. The minimum atomic E-state index is -0.0318. The molecule has 0 spiro atoms. The van der Waals surface area contributed by atoms with Crippen LogP contribution in [0.15, 0.2) is 12.2 Å². The van der Waals surface area contributed by atoms with Gasteiger partial charge >= 0.3 is 0 Å². The molecule has 2 heteroatoms. The summed E-state index contributed by atoms with van der Waals surface area (Å²) >= 11 is 0. The molecule has 1 fully saturated rings. The molecular weight excluding hydrogens is 152 g/mol. The lowest BCUT2D eigenvalue weighted by Crippen LogP contribution is -2.38. The Hall–Kier alpha value is -0.340. The highest BCUT2D eigenvalue weighted by Crippen LogP contribution is 2.33. The molecule has 0 aliphatic heterocycles. The van der Waals surface area contributed by atoms with Crippen LogP contribution in [0.2, 0.25) is 0 Å². The molecule has 1 aliphatic rings. The van der Waals surface area contributed by atoms with Crippen molar-refractivity contribution in [3.05, 3.63) is 12.2 Å². The third-order valence-corrected chi connectivity index (χ3v) is 2.71. The fraction of sp³-hybridized carbons (Fsp3) is 0.800. The maximum Gasteiger partial charge on any atom is 0.0917 e. The van der Waals surface area contributed by atoms with Gasteiger partial charge in [0.1, 0.15) is 0 Å². The van der Waals surface area contributed by atoms with Crippen molar-refractivity contribution < 1.29 is 9.47 Å². The minimum absolute atomic E-state index is 0.0318. The highest BCUT2D eigenvalue weighted by atomic mass is 16.5. The monoisotopic (exact) mass is 170 g/mol. The topological polar surface area (TPSA) is 18.5 Å². The zero-order valence-electron chi connectivity index (χ0n) is 8.06. The summed E-state index contributed by atoms with van der Waals surface area (Å²) in [5.74, 6) is 0. The van der Waals surface area contributed by atoms with Crippen LogP contribution in [0.5, 0.6) is 0 Å². The van der Waals surface area contributed by atoms with Gasteiger partial charge in [0, 0.05) is 14.2 Å². The van der Waals surface area contributed by atoms with Crippen LogP contribution in [0.1, 0.15) is 25.7 Å². The second-order valence-electron chi connectivity index (χ2n) is 3.57. The van der Waals surface area contributed by atoms with Gasteiger partial charge in [0.05, 0.1) is 12.2 Å². The SMILES string of the molecule is C=C1CCC(COC)(OC)CC1. The molecule has 0 aromatic heterocycles. The van der Waals surface area contributed by atoms with Crippen molar-refractivity contribution in [3.8, 4) is 0 Å². The highest BCUT2D eigenvalue weighted by Gasteiger charge is 2.32. The summed E-state index contributed by atoms with van der Waals surface area (Å²) < 4.78 is 10.7. The summed E-state index contributed by atoms with van der Waals surface area (Å²) in [5, 5.41) is 0. The fourth-order valence-corrected chi connectivity index (χ4v) is 1.73. The van der Waals surface area contributed by atoms with Gasteiger partial charge < -0.3 is 9.47 Å². The summed E-state index contributed by atoms with van der Waals surface area (Å²) in [7, 11) is 3.50. The van der Waals surface area contributed by atoms with Crippen LogP contribution in [0.25, 0.3) is 0 Å². The van der Waals surface area contributed by atoms with Gasteiger partial charge in [0.15, 0.2) is 0 Å². The van der Waals surface area contributed by atoms with Gasteiger partial charge in [-0.25, -0.2) is 0 Å². The maximum absolute atomic E-state index is 5.50. The molecular formula is C10H18O2. The average molecular weight is 170 g/mol. The van der Waals surface area contributed by atoms with Crippen LogP contribution in [-0.4, -0.2) is 26.4 Å². The number of hydrogen-bond acceptors (Lipinski definition) is 2. The van der Waals surface area contributed by atoms with Crippen molar-refractivity contribution >= 4 is 0 Å². The van der Waals surface area contributed by atoms with Crippen molar-refractivity contribution in [2.75, 3.05) is 20.8 Å². The first-order valence-corrected chi connectivity index (χ1v) is 4.43. The Morgan fingerprint density at radius 1 is 1.33 bits per heavy atom. The lowest BCUT2D eigenvalue weighted by Gasteiger charge is -2.36. The van der Waals surface area contributed by atoms with Crippen molar-refractivity contribution in [1.29, 1.82) is 0 Å². The average Bonchev–Trinajstić information content (AvgIpc) is 2.10. The first kappa shape index (κ1) is 9.75. The van der Waals surface area contributed by atoms with E-state index in [0.29, 0.717) is 6.61 Å². The molecule has 2 nitrogen and oxygen atoms in total. The van der Waals surface area contributed by atoms with E-state index in [1.807, 2.05) is 0 Å². The molecule has 1 rings (SSSR count). The number of methoxy groups -OCH3 is 2. The smallest absolute Gasteiger partial charge is 0.0917 e. The van der Waals surface area contributed by atoms with Crippen molar-refractivity contribution in [2.24, 2.45) is 0 Å². The van der Waals surface area contributed by atoms with Gasteiger partial charge in [-0.05, 0) is 25.7 Å². The minimum Gasteiger partial charge on any atom is -0.382 e. The molecule has 0 bridgehead atoms. The van der Waals surface area contributed by atoms with E-state index < -0.39 is 0 Å². The lowest BCUT2D eigenvalue weighted by molar-refractivity contribution is -0.0800. The van der Waals surface area contributed by atoms with Crippen LogP contribution in [0.3, 0.4) is 0 Å². The normalized spacial score (nSPS) is 22.7. The number of ether oxygens (including phenoxy) is 2. The molecule has 0 radical (unpaired) electrons. The molecule has 0 N–H and O–H groups in total. The van der Waals surface area contributed by atoms with Crippen molar-refractivity contribution in [2.45, 2.75) is 31.3 Å². The molecule has 0 saturated heterocycles. The molecule has 0 aromatic rings. The second kappa shape index (κ2) is 4.06. The summed E-state index contributed by atoms with van der Waals surface area (Å²) in [4.78, 5) is 0. The molecule has 0 aromatic carbocycles. The Morgan fingerprint density at radius 2 is 1.92 bits per heavy atom. The van der Waals surface area contributed by atoms with E-state index in [2.05, 4.69) is 6.58 Å². The third-order valence-electron chi connectivity index (χ3n) is 2.71. The molecule has 0 heterocycles. The third kappa shape index (κ3) is 2.08. The molecule has 1 aliphatic carbocycles. The van der Waals surface area contributed by atoms with Crippen molar-refractivity contribution in [3.63, 3.8) is 0 Å². The number of hydrogen-bond donors (Lipinski definition) is 0. The summed E-state index contributed by atoms with van der Waals surface area (Å²) in [6, 6.07) is 0. The summed E-state index contributed by atoms with van der Waals surface area (Å²) in [6.45, 7) is 4.68. The molecule has 12 heavy (non-hydrogen) atoms. The molecule has 1 saturated carbocycles. The summed E-state index contributed by atoms with van der Waals surface area (Å²) in [6.07, 6.45) is 4.26. The van der Waals surface area contributed by atoms with Crippen LogP contribution < -0.4 is 0 Å². The number of rotatable bonds is 3. The quantitative estimate of drug-likeness (QED) is 0.604. The van der Waals surface area contributed by atoms with Gasteiger partial charge in [-0.15, -0.1) is 0 Å². The predicted octanol–water partition coefficient (Wildman–Crippen LogP) is 2.15. The predicted molar refractivity (Wildman–Crippen MR) is 49.2 cm³/mol. The fourth-order valence-electron chi connectivity index (χ4n) is 1.73. The van der Waals surface area contributed by atoms with Crippen LogP contribution in [0, 0.1) is 0 Å². The number of allylic oxidation sites excluding steroid dienone is 1. The molecule has 0 unspecified atom stereocenters. The first-order chi connectivity index (χ1) is 5.72. The standard InChI is InChI=1S/C10H18O2/c1-9-4-6-10(12-3,7-5-9)8-11-2/h1,4-8H2,2-3H3. The molecule has 0 atom stereocenters. The second-order valence-corrected chi connectivity index (χ2v) is 3.57. The van der Waals surface area contributed by atoms with Crippen LogP contribution in [-0.2, 0) is 9.47 Å². The van der Waals surface area contributed by atoms with E-state index >= 15 is 0 Å². The van der Waals surface area contributed by atoms with Gasteiger partial charge in [-0.1, -0.05) is 12.2 Å². The van der Waals surface area contributed by atoms with E-state index in [9.17, 15) is 0 Å². The Bertz CT molecular complexity index is 153. The Balaban J connectivity index is 2.50. The van der Waals surface area contributed by atoms with Gasteiger partial charge in [-0.2, -0.15) is 0 Å². The van der Waals surface area contributed by atoms with Crippen LogP contribution >= 0.6 is 0 Å². The summed E-state index contributed by atoms with van der Waals surface area (Å²) in [5.41, 5.74) is 1.31. The first-order valence-electron chi connectivity index (χ1n) is 4.43. The zero-order valence-corrected chi connectivity index (χ0v) is 8.06. The zero-order chi connectivity index (χ0) is 9.03. The molecule has 0 amide bonds. The van der Waals surface area contributed by atoms with E-state index in [0.717, 1.165) is 25.7 Å². The van der Waals surface area contributed by atoms with Crippen LogP contribution in [0.4, 0.5) is 0 Å². The van der Waals surface area contributed by atoms with E-state index in [1.54, 1.807) is 14.2 Å². The van der Waals surface area contributed by atoms with Gasteiger partial charge in [0.2, 0.25) is 0 Å². The maximum atomic E-state index is 5.50. The van der Waals surface area contributed by atoms with E-state index in [1.165, 1.54) is 5.57 Å². The van der Waals surface area contributed by atoms with Gasteiger partial charge in [-0.3, -0.25) is 0 Å². The highest BCUT2D eigenvalue weighted by molar-refractivity contribution is 5.03. The van der Waals surface area contributed by atoms with E-state index in [4.69, 9.17) is 9.47 Å². The van der Waals surface area contributed by atoms with Gasteiger partial charge in [0.25, 0.3) is 0 Å². The lowest BCUT2D eigenvalue weighted by atomic mass is 9.83. The largest absolute Gasteiger partial charge is 0.382 e. The molecule has 70 valence electrons. The Kier molecular flexibility index (Phi) is 3.29. The Labute approximate surface area is 74.6 Å². The van der Waals surface area contributed by atoms with Crippen molar-refractivity contribution in [1.82, 2.24) is 0 Å². The van der Waals surface area contributed by atoms with E-state index in [-0.39, 0.29) is 5.60 Å².